The van der Waals surface area contributed by atoms with E-state index in [1.807, 2.05) is 6.07 Å². The van der Waals surface area contributed by atoms with Crippen LogP contribution in [0.4, 0.5) is 19.0 Å². The van der Waals surface area contributed by atoms with Gasteiger partial charge in [-0.15, -0.1) is 0 Å². The summed E-state index contributed by atoms with van der Waals surface area (Å²) in [7, 11) is 0. The van der Waals surface area contributed by atoms with Gasteiger partial charge in [0.15, 0.2) is 0 Å². The molecule has 0 bridgehead atoms. The zero-order valence-corrected chi connectivity index (χ0v) is 10.4. The number of nitrogens with zero attached hydrogens (tertiary/aromatic N) is 3. The highest BCUT2D eigenvalue weighted by atomic mass is 35.5. The van der Waals surface area contributed by atoms with Crippen LogP contribution in [-0.4, -0.2) is 24.2 Å². The highest BCUT2D eigenvalue weighted by Gasteiger charge is 2.31. The van der Waals surface area contributed by atoms with Gasteiger partial charge < -0.3 is 4.90 Å². The van der Waals surface area contributed by atoms with Crippen LogP contribution >= 0.6 is 11.6 Å². The summed E-state index contributed by atoms with van der Waals surface area (Å²) in [6.45, 7) is 0.843. The summed E-state index contributed by atoms with van der Waals surface area (Å²) in [6.07, 6.45) is -3.79. The van der Waals surface area contributed by atoms with Crippen molar-refractivity contribution in [3.63, 3.8) is 0 Å². The predicted octanol–water partition coefficient (Wildman–Crippen LogP) is 3.39. The van der Waals surface area contributed by atoms with Crippen molar-refractivity contribution < 1.29 is 13.2 Å². The van der Waals surface area contributed by atoms with Crippen molar-refractivity contribution in [1.29, 1.82) is 5.26 Å². The summed E-state index contributed by atoms with van der Waals surface area (Å²) in [5.41, 5.74) is 0.188. The number of pyridine rings is 1. The van der Waals surface area contributed by atoms with E-state index in [0.717, 1.165) is 4.90 Å². The van der Waals surface area contributed by atoms with Crippen molar-refractivity contribution in [2.75, 3.05) is 18.0 Å². The molecule has 0 spiro atoms. The average molecular weight is 278 g/mol. The molecule has 1 heterocycles. The lowest BCUT2D eigenvalue weighted by atomic mass is 10.2. The largest absolute Gasteiger partial charge is 0.405 e. The van der Waals surface area contributed by atoms with E-state index in [0.29, 0.717) is 6.42 Å². The second-order valence-corrected chi connectivity index (χ2v) is 4.07. The minimum Gasteiger partial charge on any atom is -0.347 e. The van der Waals surface area contributed by atoms with E-state index in [-0.39, 0.29) is 23.1 Å². The first-order valence-electron chi connectivity index (χ1n) is 5.25. The molecule has 0 aromatic carbocycles. The lowest BCUT2D eigenvalue weighted by Gasteiger charge is -2.24. The van der Waals surface area contributed by atoms with Crippen LogP contribution in [0.3, 0.4) is 0 Å². The van der Waals surface area contributed by atoms with Gasteiger partial charge in [-0.1, -0.05) is 18.5 Å². The highest BCUT2D eigenvalue weighted by Crippen LogP contribution is 2.23. The second-order valence-electron chi connectivity index (χ2n) is 3.69. The molecule has 0 radical (unpaired) electrons. The molecule has 18 heavy (non-hydrogen) atoms. The number of halogens is 4. The molecule has 3 nitrogen and oxygen atoms in total. The minimum atomic E-state index is -4.33. The third kappa shape index (κ3) is 4.41. The molecule has 0 fully saturated rings. The Morgan fingerprint density at radius 3 is 2.61 bits per heavy atom. The van der Waals surface area contributed by atoms with Gasteiger partial charge in [0.1, 0.15) is 17.5 Å². The van der Waals surface area contributed by atoms with Crippen molar-refractivity contribution in [3.8, 4) is 6.07 Å². The van der Waals surface area contributed by atoms with Crippen molar-refractivity contribution in [3.05, 3.63) is 22.8 Å². The van der Waals surface area contributed by atoms with Gasteiger partial charge in [0.05, 0.1) is 11.6 Å². The first-order chi connectivity index (χ1) is 8.35. The molecule has 7 heteroatoms. The van der Waals surface area contributed by atoms with Gasteiger partial charge in [-0.2, -0.15) is 18.4 Å². The normalized spacial score (nSPS) is 11.1. The Hall–Kier alpha value is -1.48. The van der Waals surface area contributed by atoms with Crippen molar-refractivity contribution in [2.24, 2.45) is 0 Å². The van der Waals surface area contributed by atoms with Crippen LogP contribution in [0.25, 0.3) is 0 Å². The maximum atomic E-state index is 12.4. The molecule has 1 aromatic heterocycles. The fourth-order valence-electron chi connectivity index (χ4n) is 1.47. The van der Waals surface area contributed by atoms with Crippen molar-refractivity contribution in [1.82, 2.24) is 4.98 Å². The number of nitriles is 1. The van der Waals surface area contributed by atoms with E-state index in [1.54, 1.807) is 6.92 Å². The quantitative estimate of drug-likeness (QED) is 0.792. The summed E-state index contributed by atoms with van der Waals surface area (Å²) in [4.78, 5) is 4.89. The van der Waals surface area contributed by atoms with Crippen LogP contribution in [0, 0.1) is 11.3 Å². The molecule has 98 valence electrons. The number of rotatable bonds is 4. The van der Waals surface area contributed by atoms with Gasteiger partial charge in [-0.3, -0.25) is 0 Å². The number of hydrogen-bond acceptors (Lipinski definition) is 3. The summed E-state index contributed by atoms with van der Waals surface area (Å²) < 4.78 is 37.3. The summed E-state index contributed by atoms with van der Waals surface area (Å²) >= 11 is 5.67. The molecule has 0 saturated carbocycles. The summed E-state index contributed by atoms with van der Waals surface area (Å²) in [5.74, 6) is 0.0678. The van der Waals surface area contributed by atoms with E-state index in [1.165, 1.54) is 12.1 Å². The molecule has 0 aliphatic heterocycles. The fourth-order valence-corrected chi connectivity index (χ4v) is 1.67. The van der Waals surface area contributed by atoms with Gasteiger partial charge in [0.25, 0.3) is 0 Å². The monoisotopic (exact) mass is 277 g/mol. The Kier molecular flexibility index (Phi) is 4.79. The molecule has 0 saturated heterocycles. The highest BCUT2D eigenvalue weighted by molar-refractivity contribution is 6.29. The molecule has 1 rings (SSSR count). The zero-order valence-electron chi connectivity index (χ0n) is 9.63. The minimum absolute atomic E-state index is 0.00678. The van der Waals surface area contributed by atoms with Crippen molar-refractivity contribution >= 4 is 17.4 Å². The first kappa shape index (κ1) is 14.6. The molecular formula is C11H11ClF3N3. The summed E-state index contributed by atoms with van der Waals surface area (Å²) in [6, 6.07) is 4.44. The molecule has 0 amide bonds. The Morgan fingerprint density at radius 1 is 1.44 bits per heavy atom. The van der Waals surface area contributed by atoms with Crippen LogP contribution < -0.4 is 4.90 Å². The van der Waals surface area contributed by atoms with Crippen LogP contribution in [0.5, 0.6) is 0 Å². The Morgan fingerprint density at radius 2 is 2.11 bits per heavy atom. The molecule has 0 aliphatic carbocycles. The van der Waals surface area contributed by atoms with E-state index in [9.17, 15) is 13.2 Å². The van der Waals surface area contributed by atoms with Gasteiger partial charge in [-0.05, 0) is 18.6 Å². The molecule has 0 unspecified atom stereocenters. The zero-order chi connectivity index (χ0) is 13.8. The number of hydrogen-bond donors (Lipinski definition) is 0. The first-order valence-corrected chi connectivity index (χ1v) is 5.63. The number of alkyl halides is 3. The van der Waals surface area contributed by atoms with Gasteiger partial charge >= 0.3 is 6.18 Å². The number of aromatic nitrogens is 1. The lowest BCUT2D eigenvalue weighted by Crippen LogP contribution is -2.35. The third-order valence-electron chi connectivity index (χ3n) is 2.10. The van der Waals surface area contributed by atoms with Gasteiger partial charge in [-0.25, -0.2) is 4.98 Å². The summed E-state index contributed by atoms with van der Waals surface area (Å²) in [5, 5.41) is 8.76. The van der Waals surface area contributed by atoms with Gasteiger partial charge in [0.2, 0.25) is 0 Å². The predicted molar refractivity (Wildman–Crippen MR) is 62.5 cm³/mol. The van der Waals surface area contributed by atoms with Crippen LogP contribution in [0.15, 0.2) is 12.1 Å². The number of anilines is 1. The Balaban J connectivity index is 3.05. The van der Waals surface area contributed by atoms with E-state index >= 15 is 0 Å². The van der Waals surface area contributed by atoms with Crippen LogP contribution in [-0.2, 0) is 0 Å². The molecule has 0 atom stereocenters. The molecular weight excluding hydrogens is 267 g/mol. The smallest absolute Gasteiger partial charge is 0.347 e. The molecule has 0 N–H and O–H groups in total. The van der Waals surface area contributed by atoms with Crippen LogP contribution in [0.1, 0.15) is 18.9 Å². The van der Waals surface area contributed by atoms with E-state index in [4.69, 9.17) is 16.9 Å². The fraction of sp³-hybridized carbons (Fsp3) is 0.455. The molecule has 0 aliphatic rings. The lowest BCUT2D eigenvalue weighted by molar-refractivity contribution is -0.119. The SMILES string of the molecule is CCCN(CC(F)(F)F)c1cc(C#N)cc(Cl)n1. The maximum Gasteiger partial charge on any atom is 0.405 e. The topological polar surface area (TPSA) is 39.9 Å². The Bertz CT molecular complexity index is 454. The van der Waals surface area contributed by atoms with Gasteiger partial charge in [0, 0.05) is 6.54 Å². The molecule has 1 aromatic rings. The van der Waals surface area contributed by atoms with E-state index < -0.39 is 12.7 Å². The average Bonchev–Trinajstić information content (AvgIpc) is 2.26. The standard InChI is InChI=1S/C11H11ClF3N3/c1-2-3-18(7-11(13,14)15)10-5-8(6-16)4-9(12)17-10/h4-5H,2-3,7H2,1H3. The van der Waals surface area contributed by atoms with E-state index in [2.05, 4.69) is 4.98 Å². The van der Waals surface area contributed by atoms with Crippen LogP contribution in [0.2, 0.25) is 5.15 Å². The second kappa shape index (κ2) is 5.91. The third-order valence-corrected chi connectivity index (χ3v) is 2.29. The maximum absolute atomic E-state index is 12.4. The van der Waals surface area contributed by atoms with Crippen molar-refractivity contribution in [2.45, 2.75) is 19.5 Å². The Labute approximate surface area is 108 Å².